The second-order valence-corrected chi connectivity index (χ2v) is 4.25. The van der Waals surface area contributed by atoms with Crippen LogP contribution in [-0.4, -0.2) is 19.7 Å². The van der Waals surface area contributed by atoms with Gasteiger partial charge in [-0.3, -0.25) is 0 Å². The number of nitrogens with two attached hydrogens (primary N) is 1. The summed E-state index contributed by atoms with van der Waals surface area (Å²) >= 11 is 3.36. The van der Waals surface area contributed by atoms with E-state index in [1.807, 2.05) is 19.1 Å². The van der Waals surface area contributed by atoms with E-state index >= 15 is 0 Å². The Bertz CT molecular complexity index is 379. The molecule has 0 spiro atoms. The Morgan fingerprint density at radius 2 is 2.25 bits per heavy atom. The highest BCUT2D eigenvalue weighted by molar-refractivity contribution is 9.10. The minimum absolute atomic E-state index is 0.113. The number of methoxy groups -OCH3 is 1. The fraction of sp³-hybridized carbons (Fsp3) is 0.364. The Kier molecular flexibility index (Phi) is 4.76. The minimum Gasteiger partial charge on any atom is -0.482 e. The Hall–Kier alpha value is -1.07. The first-order chi connectivity index (χ1) is 7.54. The van der Waals surface area contributed by atoms with Crippen LogP contribution in [0.2, 0.25) is 0 Å². The Balaban J connectivity index is 2.82. The van der Waals surface area contributed by atoms with Crippen molar-refractivity contribution in [2.45, 2.75) is 13.0 Å². The fourth-order valence-corrected chi connectivity index (χ4v) is 1.58. The number of halogens is 1. The molecule has 0 fully saturated rings. The van der Waals surface area contributed by atoms with E-state index in [2.05, 4.69) is 20.7 Å². The van der Waals surface area contributed by atoms with Crippen molar-refractivity contribution in [1.82, 2.24) is 0 Å². The lowest BCUT2D eigenvalue weighted by Crippen LogP contribution is -2.15. The van der Waals surface area contributed by atoms with Gasteiger partial charge in [-0.05, 0) is 25.1 Å². The molecule has 0 aliphatic rings. The Morgan fingerprint density at radius 1 is 1.56 bits per heavy atom. The van der Waals surface area contributed by atoms with E-state index in [9.17, 15) is 4.79 Å². The number of hydrogen-bond acceptors (Lipinski definition) is 4. The highest BCUT2D eigenvalue weighted by Crippen LogP contribution is 2.27. The first-order valence-electron chi connectivity index (χ1n) is 4.79. The van der Waals surface area contributed by atoms with Crippen molar-refractivity contribution in [3.63, 3.8) is 0 Å². The van der Waals surface area contributed by atoms with Crippen LogP contribution in [0.15, 0.2) is 22.7 Å². The molecule has 0 radical (unpaired) electrons. The van der Waals surface area contributed by atoms with Gasteiger partial charge in [0.1, 0.15) is 5.75 Å². The molecule has 4 nitrogen and oxygen atoms in total. The van der Waals surface area contributed by atoms with E-state index in [0.717, 1.165) is 10.0 Å². The maximum atomic E-state index is 10.9. The molecule has 0 bridgehead atoms. The molecule has 0 heterocycles. The first kappa shape index (κ1) is 13.0. The molecule has 0 aromatic heterocycles. The van der Waals surface area contributed by atoms with Gasteiger partial charge in [-0.15, -0.1) is 0 Å². The van der Waals surface area contributed by atoms with Crippen LogP contribution in [0.5, 0.6) is 5.75 Å². The molecule has 0 aliphatic heterocycles. The van der Waals surface area contributed by atoms with Crippen molar-refractivity contribution in [1.29, 1.82) is 0 Å². The quantitative estimate of drug-likeness (QED) is 0.861. The summed E-state index contributed by atoms with van der Waals surface area (Å²) in [6.45, 7) is 1.74. The first-order valence-corrected chi connectivity index (χ1v) is 5.58. The molecular weight excluding hydrogens is 274 g/mol. The van der Waals surface area contributed by atoms with Gasteiger partial charge in [0.05, 0.1) is 7.11 Å². The molecule has 1 aromatic carbocycles. The zero-order valence-electron chi connectivity index (χ0n) is 9.20. The number of carbonyl (C=O) groups excluding carboxylic acids is 1. The second kappa shape index (κ2) is 5.86. The molecule has 0 aliphatic carbocycles. The monoisotopic (exact) mass is 287 g/mol. The molecule has 0 saturated carbocycles. The summed E-state index contributed by atoms with van der Waals surface area (Å²) in [5, 5.41) is 0. The summed E-state index contributed by atoms with van der Waals surface area (Å²) in [4.78, 5) is 10.9. The zero-order valence-corrected chi connectivity index (χ0v) is 10.8. The molecule has 0 unspecified atom stereocenters. The molecule has 5 heteroatoms. The van der Waals surface area contributed by atoms with Crippen molar-refractivity contribution in [2.75, 3.05) is 13.7 Å². The number of ether oxygens (including phenoxy) is 2. The molecule has 88 valence electrons. The van der Waals surface area contributed by atoms with Gasteiger partial charge in [-0.1, -0.05) is 15.9 Å². The van der Waals surface area contributed by atoms with Gasteiger partial charge in [0.15, 0.2) is 6.61 Å². The maximum absolute atomic E-state index is 10.9. The third-order valence-corrected chi connectivity index (χ3v) is 2.53. The topological polar surface area (TPSA) is 61.5 Å². The minimum atomic E-state index is -0.418. The van der Waals surface area contributed by atoms with E-state index in [0.29, 0.717) is 5.75 Å². The summed E-state index contributed by atoms with van der Waals surface area (Å²) in [6.07, 6.45) is 0. The van der Waals surface area contributed by atoms with E-state index < -0.39 is 5.97 Å². The van der Waals surface area contributed by atoms with Crippen molar-refractivity contribution < 1.29 is 14.3 Å². The normalized spacial score (nSPS) is 12.0. The summed E-state index contributed by atoms with van der Waals surface area (Å²) in [5.74, 6) is 0.183. The third-order valence-electron chi connectivity index (χ3n) is 2.04. The van der Waals surface area contributed by atoms with Gasteiger partial charge in [0, 0.05) is 16.1 Å². The third kappa shape index (κ3) is 3.50. The van der Waals surface area contributed by atoms with Crippen LogP contribution in [0.3, 0.4) is 0 Å². The lowest BCUT2D eigenvalue weighted by atomic mass is 10.1. The van der Waals surface area contributed by atoms with E-state index in [1.54, 1.807) is 6.07 Å². The van der Waals surface area contributed by atoms with Gasteiger partial charge in [-0.2, -0.15) is 0 Å². The molecule has 0 saturated heterocycles. The Labute approximate surface area is 103 Å². The van der Waals surface area contributed by atoms with E-state index in [1.165, 1.54) is 7.11 Å². The molecule has 0 amide bonds. The molecule has 2 N–H and O–H groups in total. The van der Waals surface area contributed by atoms with Gasteiger partial charge in [-0.25, -0.2) is 4.79 Å². The summed E-state index contributed by atoms with van der Waals surface area (Å²) in [7, 11) is 1.32. The van der Waals surface area contributed by atoms with Gasteiger partial charge < -0.3 is 15.2 Å². The van der Waals surface area contributed by atoms with Crippen LogP contribution in [-0.2, 0) is 9.53 Å². The largest absolute Gasteiger partial charge is 0.482 e. The summed E-state index contributed by atoms with van der Waals surface area (Å²) in [5.41, 5.74) is 6.65. The Morgan fingerprint density at radius 3 is 2.81 bits per heavy atom. The number of esters is 1. The summed E-state index contributed by atoms with van der Waals surface area (Å²) < 4.78 is 10.7. The number of rotatable bonds is 4. The average Bonchev–Trinajstić information content (AvgIpc) is 2.26. The van der Waals surface area contributed by atoms with Crippen molar-refractivity contribution in [3.8, 4) is 5.75 Å². The van der Waals surface area contributed by atoms with Crippen LogP contribution in [0.4, 0.5) is 0 Å². The lowest BCUT2D eigenvalue weighted by molar-refractivity contribution is -0.142. The second-order valence-electron chi connectivity index (χ2n) is 3.34. The molecular formula is C11H14BrNO3. The number of carbonyl (C=O) groups is 1. The predicted molar refractivity (Wildman–Crippen MR) is 64.3 cm³/mol. The standard InChI is InChI=1S/C11H14BrNO3/c1-7(13)9-5-8(12)3-4-10(9)16-6-11(14)15-2/h3-5,7H,6,13H2,1-2H3/t7-/m1/s1. The lowest BCUT2D eigenvalue weighted by Gasteiger charge is -2.13. The van der Waals surface area contributed by atoms with Crippen molar-refractivity contribution in [3.05, 3.63) is 28.2 Å². The smallest absolute Gasteiger partial charge is 0.343 e. The molecule has 16 heavy (non-hydrogen) atoms. The van der Waals surface area contributed by atoms with Crippen LogP contribution in [0.1, 0.15) is 18.5 Å². The fourth-order valence-electron chi connectivity index (χ4n) is 1.20. The summed E-state index contributed by atoms with van der Waals surface area (Å²) in [6, 6.07) is 5.31. The number of hydrogen-bond donors (Lipinski definition) is 1. The van der Waals surface area contributed by atoms with Gasteiger partial charge in [0.25, 0.3) is 0 Å². The number of benzene rings is 1. The average molecular weight is 288 g/mol. The van der Waals surface area contributed by atoms with Crippen molar-refractivity contribution in [2.24, 2.45) is 5.73 Å². The highest BCUT2D eigenvalue weighted by Gasteiger charge is 2.10. The van der Waals surface area contributed by atoms with Gasteiger partial charge in [0.2, 0.25) is 0 Å². The predicted octanol–water partition coefficient (Wildman–Crippen LogP) is 2.02. The van der Waals surface area contributed by atoms with E-state index in [-0.39, 0.29) is 12.6 Å². The maximum Gasteiger partial charge on any atom is 0.343 e. The molecule has 1 aromatic rings. The zero-order chi connectivity index (χ0) is 12.1. The van der Waals surface area contributed by atoms with Crippen LogP contribution in [0.25, 0.3) is 0 Å². The van der Waals surface area contributed by atoms with Crippen LogP contribution in [0, 0.1) is 0 Å². The van der Waals surface area contributed by atoms with Crippen LogP contribution < -0.4 is 10.5 Å². The molecule has 1 atom stereocenters. The molecule has 1 rings (SSSR count). The van der Waals surface area contributed by atoms with Crippen LogP contribution >= 0.6 is 15.9 Å². The van der Waals surface area contributed by atoms with Gasteiger partial charge >= 0.3 is 5.97 Å². The van der Waals surface area contributed by atoms with Crippen molar-refractivity contribution >= 4 is 21.9 Å². The highest BCUT2D eigenvalue weighted by atomic mass is 79.9. The van der Waals surface area contributed by atoms with E-state index in [4.69, 9.17) is 10.5 Å². The SMILES string of the molecule is COC(=O)COc1ccc(Br)cc1[C@@H](C)N.